The van der Waals surface area contributed by atoms with Crippen molar-refractivity contribution in [3.05, 3.63) is 99.6 Å². The lowest BCUT2D eigenvalue weighted by molar-refractivity contribution is -0.387. The van der Waals surface area contributed by atoms with Gasteiger partial charge in [-0.25, -0.2) is 0 Å². The first-order chi connectivity index (χ1) is 14.5. The number of benzene rings is 3. The maximum atomic E-state index is 12.7. The highest BCUT2D eigenvalue weighted by atomic mass is 32.2. The van der Waals surface area contributed by atoms with E-state index in [-0.39, 0.29) is 17.0 Å². The van der Waals surface area contributed by atoms with Crippen molar-refractivity contribution in [2.75, 3.05) is 0 Å². The molecule has 0 radical (unpaired) electrons. The number of ketones is 1. The quantitative estimate of drug-likeness (QED) is 0.262. The Hall–Kier alpha value is -3.85. The number of nitrogens with zero attached hydrogens (tertiary/aromatic N) is 5. The van der Waals surface area contributed by atoms with Gasteiger partial charge < -0.3 is 0 Å². The van der Waals surface area contributed by atoms with Crippen LogP contribution in [0.5, 0.6) is 0 Å². The highest BCUT2D eigenvalue weighted by Crippen LogP contribution is 2.35. The predicted molar refractivity (Wildman–Crippen MR) is 111 cm³/mol. The van der Waals surface area contributed by atoms with Gasteiger partial charge in [0.25, 0.3) is 5.69 Å². The number of hydrogen-bond acceptors (Lipinski definition) is 7. The molecule has 3 aromatic carbocycles. The summed E-state index contributed by atoms with van der Waals surface area (Å²) < 4.78 is 1.53. The summed E-state index contributed by atoms with van der Waals surface area (Å²) in [6, 6.07) is 20.6. The van der Waals surface area contributed by atoms with Crippen LogP contribution in [0, 0.1) is 17.0 Å². The molecule has 0 bridgehead atoms. The lowest BCUT2D eigenvalue weighted by atomic mass is 10.0. The molecule has 0 saturated heterocycles. The molecule has 0 atom stereocenters. The molecule has 8 nitrogen and oxygen atoms in total. The van der Waals surface area contributed by atoms with E-state index in [2.05, 4.69) is 15.5 Å². The molecule has 0 spiro atoms. The number of para-hydroxylation sites is 1. The number of tetrazole rings is 1. The van der Waals surface area contributed by atoms with Crippen LogP contribution >= 0.6 is 11.8 Å². The smallest absolute Gasteiger partial charge is 0.284 e. The molecule has 1 heterocycles. The molecule has 1 aromatic heterocycles. The van der Waals surface area contributed by atoms with Crippen molar-refractivity contribution in [1.82, 2.24) is 20.2 Å². The Kier molecular flexibility index (Phi) is 5.36. The normalized spacial score (nSPS) is 10.7. The van der Waals surface area contributed by atoms with Crippen LogP contribution in [0.25, 0.3) is 5.69 Å². The first-order valence-electron chi connectivity index (χ1n) is 8.95. The second-order valence-corrected chi connectivity index (χ2v) is 7.41. The molecule has 148 valence electrons. The Bertz CT molecular complexity index is 1240. The van der Waals surface area contributed by atoms with Crippen molar-refractivity contribution in [1.29, 1.82) is 0 Å². The zero-order chi connectivity index (χ0) is 21.1. The molecule has 0 N–H and O–H groups in total. The number of hydrogen-bond donors (Lipinski definition) is 0. The molecular formula is C21H15N5O3S. The lowest BCUT2D eigenvalue weighted by Crippen LogP contribution is -2.03. The second kappa shape index (κ2) is 8.26. The summed E-state index contributed by atoms with van der Waals surface area (Å²) in [5, 5.41) is 23.8. The zero-order valence-corrected chi connectivity index (χ0v) is 16.6. The molecule has 0 aliphatic rings. The topological polar surface area (TPSA) is 104 Å². The van der Waals surface area contributed by atoms with Crippen LogP contribution in [0.2, 0.25) is 0 Å². The molecule has 0 amide bonds. The number of aromatic nitrogens is 4. The summed E-state index contributed by atoms with van der Waals surface area (Å²) >= 11 is 1.07. The van der Waals surface area contributed by atoms with Crippen molar-refractivity contribution in [2.24, 2.45) is 0 Å². The number of aryl methyl sites for hydroxylation is 1. The SMILES string of the molecule is Cc1ccccc1-n1nnnc1Sc1ccc(C(=O)c2ccccc2)cc1[N+](=O)[O-]. The molecule has 30 heavy (non-hydrogen) atoms. The summed E-state index contributed by atoms with van der Waals surface area (Å²) in [6.45, 7) is 1.93. The molecule has 4 rings (SSSR count). The van der Waals surface area contributed by atoms with Gasteiger partial charge in [-0.3, -0.25) is 14.9 Å². The Labute approximate surface area is 175 Å². The van der Waals surface area contributed by atoms with E-state index in [9.17, 15) is 14.9 Å². The van der Waals surface area contributed by atoms with Gasteiger partial charge in [0.15, 0.2) is 5.78 Å². The van der Waals surface area contributed by atoms with Gasteiger partial charge in [-0.1, -0.05) is 48.5 Å². The van der Waals surface area contributed by atoms with E-state index >= 15 is 0 Å². The fourth-order valence-electron chi connectivity index (χ4n) is 2.94. The van der Waals surface area contributed by atoms with Crippen molar-refractivity contribution < 1.29 is 9.72 Å². The number of nitro groups is 1. The Morgan fingerprint density at radius 1 is 1.00 bits per heavy atom. The van der Waals surface area contributed by atoms with Crippen molar-refractivity contribution in [3.63, 3.8) is 0 Å². The standard InChI is InChI=1S/C21H15N5O3S/c1-14-7-5-6-10-17(14)25-21(22-23-24-25)30-19-12-11-16(13-18(19)26(28)29)20(27)15-8-3-2-4-9-15/h2-13H,1H3. The average Bonchev–Trinajstić information content (AvgIpc) is 3.22. The fraction of sp³-hybridized carbons (Fsp3) is 0.0476. The molecule has 0 unspecified atom stereocenters. The summed E-state index contributed by atoms with van der Waals surface area (Å²) in [4.78, 5) is 24.2. The van der Waals surface area contributed by atoms with E-state index in [4.69, 9.17) is 0 Å². The number of rotatable bonds is 6. The maximum Gasteiger partial charge on any atom is 0.284 e. The third-order valence-electron chi connectivity index (χ3n) is 4.44. The van der Waals surface area contributed by atoms with Crippen molar-refractivity contribution in [3.8, 4) is 5.69 Å². The van der Waals surface area contributed by atoms with Gasteiger partial charge in [-0.05, 0) is 52.9 Å². The first-order valence-corrected chi connectivity index (χ1v) is 9.76. The third-order valence-corrected chi connectivity index (χ3v) is 5.44. The van der Waals surface area contributed by atoms with E-state index < -0.39 is 4.92 Å². The van der Waals surface area contributed by atoms with Gasteiger partial charge in [0, 0.05) is 17.2 Å². The van der Waals surface area contributed by atoms with Crippen LogP contribution in [0.4, 0.5) is 5.69 Å². The summed E-state index contributed by atoms with van der Waals surface area (Å²) in [5.41, 5.74) is 2.28. The number of carbonyl (C=O) groups excluding carboxylic acids is 1. The van der Waals surface area contributed by atoms with Gasteiger partial charge in [-0.2, -0.15) is 4.68 Å². The minimum absolute atomic E-state index is 0.180. The lowest BCUT2D eigenvalue weighted by Gasteiger charge is -2.08. The molecule has 9 heteroatoms. The third kappa shape index (κ3) is 3.83. The Morgan fingerprint density at radius 3 is 2.47 bits per heavy atom. The fourth-order valence-corrected chi connectivity index (χ4v) is 3.81. The highest BCUT2D eigenvalue weighted by Gasteiger charge is 2.22. The Balaban J connectivity index is 1.70. The number of nitro benzene ring substituents is 1. The number of carbonyl (C=O) groups is 1. The molecule has 0 fully saturated rings. The summed E-state index contributed by atoms with van der Waals surface area (Å²) in [7, 11) is 0. The van der Waals surface area contributed by atoms with Crippen LogP contribution in [-0.4, -0.2) is 30.9 Å². The summed E-state index contributed by atoms with van der Waals surface area (Å²) in [6.07, 6.45) is 0. The van der Waals surface area contributed by atoms with Gasteiger partial charge in [0.2, 0.25) is 5.16 Å². The largest absolute Gasteiger partial charge is 0.289 e. The molecule has 4 aromatic rings. The van der Waals surface area contributed by atoms with Gasteiger partial charge >= 0.3 is 0 Å². The van der Waals surface area contributed by atoms with Crippen molar-refractivity contribution in [2.45, 2.75) is 17.0 Å². The highest BCUT2D eigenvalue weighted by molar-refractivity contribution is 7.99. The van der Waals surface area contributed by atoms with Crippen LogP contribution in [0.1, 0.15) is 21.5 Å². The summed E-state index contributed by atoms with van der Waals surface area (Å²) in [5.74, 6) is -0.278. The van der Waals surface area contributed by atoms with Crippen LogP contribution in [0.15, 0.2) is 82.8 Å². The van der Waals surface area contributed by atoms with Crippen molar-refractivity contribution >= 4 is 23.2 Å². The van der Waals surface area contributed by atoms with Crippen LogP contribution < -0.4 is 0 Å². The van der Waals surface area contributed by atoms with Gasteiger partial charge in [0.1, 0.15) is 0 Å². The maximum absolute atomic E-state index is 12.7. The minimum atomic E-state index is -0.508. The average molecular weight is 417 g/mol. The van der Waals surface area contributed by atoms with E-state index in [0.717, 1.165) is 23.0 Å². The molecule has 0 saturated carbocycles. The minimum Gasteiger partial charge on any atom is -0.289 e. The van der Waals surface area contributed by atoms with E-state index in [1.165, 1.54) is 10.7 Å². The predicted octanol–water partition coefficient (Wildman–Crippen LogP) is 4.26. The van der Waals surface area contributed by atoms with Crippen LogP contribution in [-0.2, 0) is 0 Å². The van der Waals surface area contributed by atoms with E-state index in [0.29, 0.717) is 15.6 Å². The monoisotopic (exact) mass is 417 g/mol. The first kappa shape index (κ1) is 19.5. The second-order valence-electron chi connectivity index (χ2n) is 6.40. The van der Waals surface area contributed by atoms with Gasteiger partial charge in [0.05, 0.1) is 15.5 Å². The van der Waals surface area contributed by atoms with E-state index in [1.54, 1.807) is 42.5 Å². The van der Waals surface area contributed by atoms with Gasteiger partial charge in [-0.15, -0.1) is 5.10 Å². The molecule has 0 aliphatic heterocycles. The van der Waals surface area contributed by atoms with Crippen LogP contribution in [0.3, 0.4) is 0 Å². The Morgan fingerprint density at radius 2 is 1.73 bits per heavy atom. The zero-order valence-electron chi connectivity index (χ0n) is 15.8. The molecular weight excluding hydrogens is 402 g/mol. The van der Waals surface area contributed by atoms with E-state index in [1.807, 2.05) is 31.2 Å². The molecule has 0 aliphatic carbocycles.